The summed E-state index contributed by atoms with van der Waals surface area (Å²) in [5.74, 6) is -0.401. The highest BCUT2D eigenvalue weighted by atomic mass is 16.2. The smallest absolute Gasteiger partial charge is 0.270 e. The van der Waals surface area contributed by atoms with Crippen molar-refractivity contribution in [3.8, 4) is 0 Å². The van der Waals surface area contributed by atoms with Crippen molar-refractivity contribution < 1.29 is 4.79 Å². The molecule has 0 bridgehead atoms. The van der Waals surface area contributed by atoms with Gasteiger partial charge in [0.1, 0.15) is 11.2 Å². The highest BCUT2D eigenvalue weighted by Gasteiger charge is 2.19. The molecule has 1 aromatic carbocycles. The second-order valence-corrected chi connectivity index (χ2v) is 7.67. The van der Waals surface area contributed by atoms with Gasteiger partial charge < -0.3 is 5.32 Å². The van der Waals surface area contributed by atoms with E-state index in [0.29, 0.717) is 18.2 Å². The Morgan fingerprint density at radius 3 is 2.76 bits per heavy atom. The SMILES string of the molecule is CC1CCCCN1Cc1ccccc1CNC(=O)c1cnc2ccccn2c1=O. The predicted octanol–water partition coefficient (Wildman–Crippen LogP) is 3.00. The van der Waals surface area contributed by atoms with Gasteiger partial charge in [-0.2, -0.15) is 0 Å². The van der Waals surface area contributed by atoms with Gasteiger partial charge in [0.15, 0.2) is 0 Å². The molecule has 3 aromatic rings. The summed E-state index contributed by atoms with van der Waals surface area (Å²) in [5.41, 5.74) is 2.51. The van der Waals surface area contributed by atoms with Crippen LogP contribution >= 0.6 is 0 Å². The van der Waals surface area contributed by atoms with E-state index in [1.165, 1.54) is 35.4 Å². The number of hydrogen-bond acceptors (Lipinski definition) is 4. The molecular formula is C23H26N4O2. The van der Waals surface area contributed by atoms with Gasteiger partial charge in [0.25, 0.3) is 11.5 Å². The topological polar surface area (TPSA) is 66.7 Å². The van der Waals surface area contributed by atoms with Crippen LogP contribution in [0, 0.1) is 0 Å². The Labute approximate surface area is 170 Å². The molecule has 1 aliphatic rings. The molecule has 0 radical (unpaired) electrons. The van der Waals surface area contributed by atoms with Crippen molar-refractivity contribution >= 4 is 11.6 Å². The number of nitrogens with zero attached hydrogens (tertiary/aromatic N) is 3. The number of aromatic nitrogens is 2. The summed E-state index contributed by atoms with van der Waals surface area (Å²) >= 11 is 0. The second kappa shape index (κ2) is 8.57. The quantitative estimate of drug-likeness (QED) is 0.727. The highest BCUT2D eigenvalue weighted by Crippen LogP contribution is 2.20. The number of fused-ring (bicyclic) bond motifs is 1. The molecule has 6 heteroatoms. The highest BCUT2D eigenvalue weighted by molar-refractivity contribution is 5.93. The number of rotatable bonds is 5. The van der Waals surface area contributed by atoms with Gasteiger partial charge in [-0.25, -0.2) is 4.98 Å². The number of pyridine rings is 1. The lowest BCUT2D eigenvalue weighted by molar-refractivity contribution is 0.0948. The maximum absolute atomic E-state index is 12.7. The molecule has 3 heterocycles. The third-order valence-corrected chi connectivity index (χ3v) is 5.73. The van der Waals surface area contributed by atoms with Crippen LogP contribution in [0.2, 0.25) is 0 Å². The minimum Gasteiger partial charge on any atom is -0.348 e. The number of carbonyl (C=O) groups excluding carboxylic acids is 1. The molecule has 4 rings (SSSR count). The van der Waals surface area contributed by atoms with Gasteiger partial charge in [-0.05, 0) is 49.6 Å². The molecule has 150 valence electrons. The molecular weight excluding hydrogens is 364 g/mol. The number of nitrogens with one attached hydrogen (secondary N) is 1. The third kappa shape index (κ3) is 4.22. The molecule has 0 spiro atoms. The summed E-state index contributed by atoms with van der Waals surface area (Å²) in [6, 6.07) is 14.0. The zero-order valence-electron chi connectivity index (χ0n) is 16.7. The molecule has 1 unspecified atom stereocenters. The minimum atomic E-state index is -0.401. The maximum atomic E-state index is 12.7. The van der Waals surface area contributed by atoms with Crippen molar-refractivity contribution in [2.24, 2.45) is 0 Å². The van der Waals surface area contributed by atoms with Crippen molar-refractivity contribution in [3.63, 3.8) is 0 Å². The first-order chi connectivity index (χ1) is 14.1. The average Bonchev–Trinajstić information content (AvgIpc) is 2.75. The summed E-state index contributed by atoms with van der Waals surface area (Å²) < 4.78 is 1.39. The van der Waals surface area contributed by atoms with Crippen molar-refractivity contribution in [3.05, 3.63) is 81.9 Å². The molecule has 0 saturated carbocycles. The fourth-order valence-corrected chi connectivity index (χ4v) is 3.95. The lowest BCUT2D eigenvalue weighted by Gasteiger charge is -2.33. The van der Waals surface area contributed by atoms with Crippen LogP contribution in [0.1, 0.15) is 47.7 Å². The van der Waals surface area contributed by atoms with Crippen LogP contribution in [0.5, 0.6) is 0 Å². The first-order valence-corrected chi connectivity index (χ1v) is 10.2. The number of hydrogen-bond donors (Lipinski definition) is 1. The fraction of sp³-hybridized carbons (Fsp3) is 0.348. The third-order valence-electron chi connectivity index (χ3n) is 5.73. The van der Waals surface area contributed by atoms with E-state index in [2.05, 4.69) is 28.2 Å². The summed E-state index contributed by atoms with van der Waals surface area (Å²) in [5, 5.41) is 2.90. The minimum absolute atomic E-state index is 0.0517. The normalized spacial score (nSPS) is 17.3. The van der Waals surface area contributed by atoms with Gasteiger partial charge in [0, 0.05) is 31.5 Å². The summed E-state index contributed by atoms with van der Waals surface area (Å²) in [4.78, 5) is 32.0. The van der Waals surface area contributed by atoms with Crippen molar-refractivity contribution in [1.29, 1.82) is 0 Å². The van der Waals surface area contributed by atoms with Gasteiger partial charge in [-0.15, -0.1) is 0 Å². The summed E-state index contributed by atoms with van der Waals surface area (Å²) in [6.45, 7) is 4.66. The first kappa shape index (κ1) is 19.3. The zero-order valence-corrected chi connectivity index (χ0v) is 16.7. The van der Waals surface area contributed by atoms with Crippen molar-refractivity contribution in [2.75, 3.05) is 6.54 Å². The molecule has 29 heavy (non-hydrogen) atoms. The van der Waals surface area contributed by atoms with Gasteiger partial charge >= 0.3 is 0 Å². The van der Waals surface area contributed by atoms with Gasteiger partial charge in [0.2, 0.25) is 0 Å². The Balaban J connectivity index is 1.49. The van der Waals surface area contributed by atoms with Crippen LogP contribution < -0.4 is 10.9 Å². The fourth-order valence-electron chi connectivity index (χ4n) is 3.95. The van der Waals surface area contributed by atoms with Crippen molar-refractivity contribution in [1.82, 2.24) is 19.6 Å². The van der Waals surface area contributed by atoms with E-state index < -0.39 is 5.91 Å². The van der Waals surface area contributed by atoms with E-state index >= 15 is 0 Å². The lowest BCUT2D eigenvalue weighted by atomic mass is 10.0. The zero-order chi connectivity index (χ0) is 20.2. The Hall–Kier alpha value is -2.99. The number of piperidine rings is 1. The van der Waals surface area contributed by atoms with E-state index in [9.17, 15) is 9.59 Å². The van der Waals surface area contributed by atoms with Crippen LogP contribution in [-0.4, -0.2) is 32.8 Å². The average molecular weight is 390 g/mol. The van der Waals surface area contributed by atoms with Gasteiger partial charge in [-0.3, -0.25) is 18.9 Å². The molecule has 1 N–H and O–H groups in total. The Kier molecular flexibility index (Phi) is 5.71. The number of amides is 1. The predicted molar refractivity (Wildman–Crippen MR) is 113 cm³/mol. The largest absolute Gasteiger partial charge is 0.348 e. The summed E-state index contributed by atoms with van der Waals surface area (Å²) in [6.07, 6.45) is 6.75. The lowest BCUT2D eigenvalue weighted by Crippen LogP contribution is -2.37. The molecule has 1 fully saturated rings. The van der Waals surface area contributed by atoms with Gasteiger partial charge in [0.05, 0.1) is 0 Å². The van der Waals surface area contributed by atoms with E-state index in [-0.39, 0.29) is 11.1 Å². The van der Waals surface area contributed by atoms with Crippen LogP contribution in [0.15, 0.2) is 59.7 Å². The summed E-state index contributed by atoms with van der Waals surface area (Å²) in [7, 11) is 0. The monoisotopic (exact) mass is 390 g/mol. The van der Waals surface area contributed by atoms with E-state index in [0.717, 1.165) is 18.7 Å². The molecule has 2 aromatic heterocycles. The Morgan fingerprint density at radius 2 is 1.93 bits per heavy atom. The Morgan fingerprint density at radius 1 is 1.14 bits per heavy atom. The molecule has 1 amide bonds. The molecule has 1 aliphatic heterocycles. The van der Waals surface area contributed by atoms with E-state index in [1.807, 2.05) is 24.3 Å². The Bertz CT molecular complexity index is 1080. The standard InChI is InChI=1S/C23H26N4O2/c1-17-8-4-6-12-26(17)16-19-10-3-2-9-18(19)14-25-22(28)20-15-24-21-11-5-7-13-27(21)23(20)29/h2-3,5,7,9-11,13,15,17H,4,6,8,12,14,16H2,1H3,(H,25,28). The first-order valence-electron chi connectivity index (χ1n) is 10.2. The maximum Gasteiger partial charge on any atom is 0.270 e. The van der Waals surface area contributed by atoms with E-state index in [1.54, 1.807) is 18.3 Å². The van der Waals surface area contributed by atoms with Crippen LogP contribution in [-0.2, 0) is 13.1 Å². The van der Waals surface area contributed by atoms with E-state index in [4.69, 9.17) is 0 Å². The number of carbonyl (C=O) groups is 1. The molecule has 1 saturated heterocycles. The molecule has 0 aliphatic carbocycles. The molecule has 6 nitrogen and oxygen atoms in total. The second-order valence-electron chi connectivity index (χ2n) is 7.67. The molecule has 1 atom stereocenters. The van der Waals surface area contributed by atoms with Crippen molar-refractivity contribution in [2.45, 2.75) is 45.3 Å². The van der Waals surface area contributed by atoms with Crippen LogP contribution in [0.4, 0.5) is 0 Å². The van der Waals surface area contributed by atoms with Crippen LogP contribution in [0.25, 0.3) is 5.65 Å². The van der Waals surface area contributed by atoms with Crippen LogP contribution in [0.3, 0.4) is 0 Å². The number of benzene rings is 1. The van der Waals surface area contributed by atoms with Gasteiger partial charge in [-0.1, -0.05) is 36.8 Å². The number of likely N-dealkylation sites (tertiary alicyclic amines) is 1.